The first-order chi connectivity index (χ1) is 13.8. The lowest BCUT2D eigenvalue weighted by atomic mass is 10.2. The summed E-state index contributed by atoms with van der Waals surface area (Å²) in [5.74, 6) is -2.31. The SMILES string of the molecule is CCCn1c(N)c(C(=O)COC(=O)c2cc3ccccc3oc2=O)c(=O)[nH]c1=O. The van der Waals surface area contributed by atoms with E-state index in [9.17, 15) is 24.0 Å². The number of rotatable bonds is 6. The number of nitrogens with one attached hydrogen (secondary N) is 1. The van der Waals surface area contributed by atoms with Crippen LogP contribution in [0.5, 0.6) is 0 Å². The van der Waals surface area contributed by atoms with Crippen molar-refractivity contribution in [1.82, 2.24) is 9.55 Å². The van der Waals surface area contributed by atoms with E-state index in [0.29, 0.717) is 17.4 Å². The molecule has 3 rings (SSSR count). The summed E-state index contributed by atoms with van der Waals surface area (Å²) >= 11 is 0. The van der Waals surface area contributed by atoms with Crippen molar-refractivity contribution >= 4 is 28.5 Å². The van der Waals surface area contributed by atoms with Crippen LogP contribution < -0.4 is 22.6 Å². The number of Topliss-reactive ketones (excluding diaryl/α,β-unsaturated/α-hetero) is 1. The summed E-state index contributed by atoms with van der Waals surface area (Å²) in [6, 6.07) is 7.85. The molecule has 3 aromatic rings. The van der Waals surface area contributed by atoms with Crippen molar-refractivity contribution in [3.63, 3.8) is 0 Å². The summed E-state index contributed by atoms with van der Waals surface area (Å²) in [6.45, 7) is 1.14. The minimum Gasteiger partial charge on any atom is -0.453 e. The van der Waals surface area contributed by atoms with Crippen LogP contribution in [0, 0.1) is 0 Å². The van der Waals surface area contributed by atoms with Gasteiger partial charge in [0.05, 0.1) is 0 Å². The number of aromatic amines is 1. The van der Waals surface area contributed by atoms with Gasteiger partial charge in [0.15, 0.2) is 6.61 Å². The molecule has 0 fully saturated rings. The van der Waals surface area contributed by atoms with Crippen molar-refractivity contribution in [2.45, 2.75) is 19.9 Å². The number of hydrogen-bond donors (Lipinski definition) is 2. The van der Waals surface area contributed by atoms with Gasteiger partial charge in [-0.25, -0.2) is 14.4 Å². The average Bonchev–Trinajstić information content (AvgIpc) is 2.68. The molecule has 0 saturated heterocycles. The van der Waals surface area contributed by atoms with Gasteiger partial charge in [0.25, 0.3) is 5.56 Å². The van der Waals surface area contributed by atoms with E-state index in [2.05, 4.69) is 0 Å². The maximum Gasteiger partial charge on any atom is 0.351 e. The monoisotopic (exact) mass is 399 g/mol. The minimum atomic E-state index is -1.09. The number of nitrogens with zero attached hydrogens (tertiary/aromatic N) is 1. The Hall–Kier alpha value is -3.95. The molecule has 3 N–H and O–H groups in total. The molecule has 0 amide bonds. The Bertz CT molecular complexity index is 1280. The Kier molecular flexibility index (Phi) is 5.44. The van der Waals surface area contributed by atoms with Gasteiger partial charge < -0.3 is 14.9 Å². The molecule has 0 aliphatic heterocycles. The maximum absolute atomic E-state index is 12.4. The van der Waals surface area contributed by atoms with E-state index in [1.807, 2.05) is 4.98 Å². The van der Waals surface area contributed by atoms with E-state index in [0.717, 1.165) is 4.57 Å². The molecule has 0 aliphatic rings. The van der Waals surface area contributed by atoms with Crippen LogP contribution in [0.3, 0.4) is 0 Å². The number of para-hydroxylation sites is 1. The number of ether oxygens (including phenoxy) is 1. The average molecular weight is 399 g/mol. The third-order valence-corrected chi connectivity index (χ3v) is 4.16. The fourth-order valence-electron chi connectivity index (χ4n) is 2.79. The van der Waals surface area contributed by atoms with Gasteiger partial charge in [-0.1, -0.05) is 25.1 Å². The standard InChI is InChI=1S/C19H17N3O7/c1-2-7-22-15(20)14(16(24)21-19(22)27)12(23)9-28-17(25)11-8-10-5-3-4-6-13(10)29-18(11)26/h3-6,8H,2,7,9,20H2,1H3,(H,21,24,27). The van der Waals surface area contributed by atoms with Crippen molar-refractivity contribution in [3.05, 3.63) is 72.7 Å². The number of fused-ring (bicyclic) bond motifs is 1. The first-order valence-corrected chi connectivity index (χ1v) is 8.69. The van der Waals surface area contributed by atoms with Crippen LogP contribution in [0.4, 0.5) is 5.82 Å². The summed E-state index contributed by atoms with van der Waals surface area (Å²) < 4.78 is 11.0. The quantitative estimate of drug-likeness (QED) is 0.348. The molecule has 0 radical (unpaired) electrons. The van der Waals surface area contributed by atoms with Crippen LogP contribution in [0.1, 0.15) is 34.1 Å². The molecule has 0 unspecified atom stereocenters. The number of aromatic nitrogens is 2. The van der Waals surface area contributed by atoms with Crippen molar-refractivity contribution in [2.24, 2.45) is 0 Å². The van der Waals surface area contributed by atoms with E-state index in [1.165, 1.54) is 6.07 Å². The highest BCUT2D eigenvalue weighted by molar-refractivity contribution is 6.02. The second-order valence-electron chi connectivity index (χ2n) is 6.16. The fraction of sp³-hybridized carbons (Fsp3) is 0.211. The van der Waals surface area contributed by atoms with Gasteiger partial charge >= 0.3 is 17.3 Å². The molecule has 150 valence electrons. The minimum absolute atomic E-state index is 0.194. The zero-order valence-electron chi connectivity index (χ0n) is 15.4. The van der Waals surface area contributed by atoms with Gasteiger partial charge in [-0.05, 0) is 18.6 Å². The molecule has 0 bridgehead atoms. The van der Waals surface area contributed by atoms with Gasteiger partial charge in [-0.2, -0.15) is 0 Å². The van der Waals surface area contributed by atoms with Crippen LogP contribution in [0.25, 0.3) is 11.0 Å². The Balaban J connectivity index is 1.85. The first-order valence-electron chi connectivity index (χ1n) is 8.69. The maximum atomic E-state index is 12.4. The number of nitrogen functional groups attached to an aromatic ring is 1. The number of esters is 1. The van der Waals surface area contributed by atoms with Gasteiger partial charge in [0.1, 0.15) is 22.5 Å². The van der Waals surface area contributed by atoms with Crippen molar-refractivity contribution in [1.29, 1.82) is 0 Å². The van der Waals surface area contributed by atoms with Crippen LogP contribution in [-0.2, 0) is 11.3 Å². The van der Waals surface area contributed by atoms with E-state index >= 15 is 0 Å². The van der Waals surface area contributed by atoms with Crippen LogP contribution in [0.2, 0.25) is 0 Å². The van der Waals surface area contributed by atoms with Crippen LogP contribution >= 0.6 is 0 Å². The van der Waals surface area contributed by atoms with Crippen molar-refractivity contribution < 1.29 is 18.7 Å². The first kappa shape index (κ1) is 19.8. The highest BCUT2D eigenvalue weighted by atomic mass is 16.5. The summed E-state index contributed by atoms with van der Waals surface area (Å²) in [5.41, 5.74) is 2.56. The molecule has 29 heavy (non-hydrogen) atoms. The zero-order valence-corrected chi connectivity index (χ0v) is 15.4. The molecule has 0 saturated carbocycles. The molecule has 2 aromatic heterocycles. The number of carbonyl (C=O) groups excluding carboxylic acids is 2. The summed E-state index contributed by atoms with van der Waals surface area (Å²) in [6.07, 6.45) is 0.538. The third kappa shape index (κ3) is 3.86. The molecule has 0 atom stereocenters. The molecule has 0 aliphatic carbocycles. The Morgan fingerprint density at radius 1 is 1.21 bits per heavy atom. The highest BCUT2D eigenvalue weighted by Crippen LogP contribution is 2.13. The fourth-order valence-corrected chi connectivity index (χ4v) is 2.79. The number of anilines is 1. The molecule has 1 aromatic carbocycles. The normalized spacial score (nSPS) is 10.8. The summed E-state index contributed by atoms with van der Waals surface area (Å²) in [5, 5.41) is 0.498. The number of ketones is 1. The molecule has 0 spiro atoms. The largest absolute Gasteiger partial charge is 0.453 e. The summed E-state index contributed by atoms with van der Waals surface area (Å²) in [7, 11) is 0. The number of hydrogen-bond acceptors (Lipinski definition) is 8. The Labute approximate surface area is 162 Å². The molecular formula is C19H17N3O7. The number of nitrogens with two attached hydrogens (primary N) is 1. The lowest BCUT2D eigenvalue weighted by Crippen LogP contribution is -2.37. The highest BCUT2D eigenvalue weighted by Gasteiger charge is 2.22. The second-order valence-corrected chi connectivity index (χ2v) is 6.16. The van der Waals surface area contributed by atoms with Gasteiger partial charge in [-0.15, -0.1) is 0 Å². The van der Waals surface area contributed by atoms with Crippen LogP contribution in [-0.4, -0.2) is 27.9 Å². The molecular weight excluding hydrogens is 382 g/mol. The predicted octanol–water partition coefficient (Wildman–Crippen LogP) is 0.675. The van der Waals surface area contributed by atoms with Gasteiger partial charge in [0, 0.05) is 11.9 Å². The predicted molar refractivity (Wildman–Crippen MR) is 103 cm³/mol. The Morgan fingerprint density at radius 2 is 1.93 bits per heavy atom. The van der Waals surface area contributed by atoms with Gasteiger partial charge in [-0.3, -0.25) is 19.1 Å². The van der Waals surface area contributed by atoms with Crippen molar-refractivity contribution in [2.75, 3.05) is 12.3 Å². The smallest absolute Gasteiger partial charge is 0.351 e. The van der Waals surface area contributed by atoms with Gasteiger partial charge in [0.2, 0.25) is 5.78 Å². The van der Waals surface area contributed by atoms with E-state index in [1.54, 1.807) is 31.2 Å². The van der Waals surface area contributed by atoms with Crippen LogP contribution in [0.15, 0.2) is 49.1 Å². The number of H-pyrrole nitrogens is 1. The van der Waals surface area contributed by atoms with E-state index in [4.69, 9.17) is 14.9 Å². The second kappa shape index (κ2) is 7.97. The van der Waals surface area contributed by atoms with Crippen molar-refractivity contribution in [3.8, 4) is 0 Å². The zero-order chi connectivity index (χ0) is 21.1. The molecule has 10 nitrogen and oxygen atoms in total. The number of carbonyl (C=O) groups is 2. The lowest BCUT2D eigenvalue weighted by Gasteiger charge is -2.11. The summed E-state index contributed by atoms with van der Waals surface area (Å²) in [4.78, 5) is 62.4. The third-order valence-electron chi connectivity index (χ3n) is 4.16. The molecule has 2 heterocycles. The lowest BCUT2D eigenvalue weighted by molar-refractivity contribution is 0.0470. The van der Waals surface area contributed by atoms with E-state index in [-0.39, 0.29) is 12.4 Å². The topological polar surface area (TPSA) is 154 Å². The number of benzene rings is 1. The Morgan fingerprint density at radius 3 is 2.66 bits per heavy atom. The van der Waals surface area contributed by atoms with E-state index < -0.39 is 46.4 Å². The molecule has 10 heteroatoms.